The normalized spacial score (nSPS) is 11.5. The SMILES string of the molecule is Cc1cc(NS(=O)(=O)c2cc(N)c(C)cc2Cl)on1. The van der Waals surface area contributed by atoms with E-state index in [4.69, 9.17) is 21.9 Å². The van der Waals surface area contributed by atoms with Crippen molar-refractivity contribution in [3.63, 3.8) is 0 Å². The third-order valence-electron chi connectivity index (χ3n) is 2.47. The van der Waals surface area contributed by atoms with Crippen molar-refractivity contribution in [1.82, 2.24) is 5.16 Å². The highest BCUT2D eigenvalue weighted by Crippen LogP contribution is 2.28. The first-order valence-corrected chi connectivity index (χ1v) is 7.17. The van der Waals surface area contributed by atoms with Gasteiger partial charge in [-0.3, -0.25) is 0 Å². The maximum atomic E-state index is 12.2. The lowest BCUT2D eigenvalue weighted by molar-refractivity contribution is 0.430. The number of hydrogen-bond acceptors (Lipinski definition) is 5. The number of halogens is 1. The predicted molar refractivity (Wildman–Crippen MR) is 72.6 cm³/mol. The number of nitrogens with zero attached hydrogens (tertiary/aromatic N) is 1. The second-order valence-corrected chi connectivity index (χ2v) is 6.14. The van der Waals surface area contributed by atoms with E-state index in [-0.39, 0.29) is 15.8 Å². The number of nitrogen functional groups attached to an aromatic ring is 1. The van der Waals surface area contributed by atoms with E-state index in [9.17, 15) is 8.42 Å². The molecule has 2 aromatic rings. The van der Waals surface area contributed by atoms with E-state index in [0.29, 0.717) is 16.9 Å². The maximum Gasteiger partial charge on any atom is 0.265 e. The molecule has 0 saturated heterocycles. The van der Waals surface area contributed by atoms with Crippen LogP contribution in [0.4, 0.5) is 11.6 Å². The molecule has 6 nitrogen and oxygen atoms in total. The van der Waals surface area contributed by atoms with Crippen LogP contribution < -0.4 is 10.5 Å². The van der Waals surface area contributed by atoms with Gasteiger partial charge in [0, 0.05) is 11.8 Å². The van der Waals surface area contributed by atoms with Gasteiger partial charge in [-0.25, -0.2) is 13.1 Å². The van der Waals surface area contributed by atoms with Gasteiger partial charge in [0.2, 0.25) is 5.88 Å². The first kappa shape index (κ1) is 13.7. The Morgan fingerprint density at radius 1 is 1.32 bits per heavy atom. The van der Waals surface area contributed by atoms with Crippen LogP contribution >= 0.6 is 11.6 Å². The van der Waals surface area contributed by atoms with Crippen LogP contribution in [0.5, 0.6) is 0 Å². The first-order valence-electron chi connectivity index (χ1n) is 5.31. The minimum Gasteiger partial charge on any atom is -0.398 e. The number of nitrogens with two attached hydrogens (primary N) is 1. The van der Waals surface area contributed by atoms with Gasteiger partial charge in [-0.1, -0.05) is 16.8 Å². The molecule has 19 heavy (non-hydrogen) atoms. The molecule has 0 bridgehead atoms. The van der Waals surface area contributed by atoms with Crippen molar-refractivity contribution >= 4 is 33.2 Å². The molecule has 1 aromatic heterocycles. The summed E-state index contributed by atoms with van der Waals surface area (Å²) in [5, 5.41) is 3.68. The molecule has 0 saturated carbocycles. The fourth-order valence-electron chi connectivity index (χ4n) is 1.47. The Labute approximate surface area is 115 Å². The molecule has 8 heteroatoms. The molecule has 1 aromatic carbocycles. The zero-order chi connectivity index (χ0) is 14.2. The second-order valence-electron chi connectivity index (χ2n) is 4.08. The third-order valence-corrected chi connectivity index (χ3v) is 4.28. The van der Waals surface area contributed by atoms with Gasteiger partial charge in [-0.15, -0.1) is 0 Å². The molecule has 0 amide bonds. The van der Waals surface area contributed by atoms with Crippen LogP contribution in [0.15, 0.2) is 27.6 Å². The minimum absolute atomic E-state index is 0.0210. The van der Waals surface area contributed by atoms with Crippen LogP contribution in [-0.4, -0.2) is 13.6 Å². The lowest BCUT2D eigenvalue weighted by Gasteiger charge is -2.09. The summed E-state index contributed by atoms with van der Waals surface area (Å²) in [6.07, 6.45) is 0. The van der Waals surface area contributed by atoms with E-state index < -0.39 is 10.0 Å². The van der Waals surface area contributed by atoms with Crippen LogP contribution in [0.1, 0.15) is 11.3 Å². The summed E-state index contributed by atoms with van der Waals surface area (Å²) in [7, 11) is -3.87. The monoisotopic (exact) mass is 301 g/mol. The van der Waals surface area contributed by atoms with Crippen LogP contribution in [-0.2, 0) is 10.0 Å². The van der Waals surface area contributed by atoms with E-state index in [1.54, 1.807) is 13.8 Å². The Bertz CT molecular complexity index is 725. The molecule has 0 spiro atoms. The summed E-state index contributed by atoms with van der Waals surface area (Å²) < 4.78 is 31.4. The quantitative estimate of drug-likeness (QED) is 0.848. The van der Waals surface area contributed by atoms with Crippen LogP contribution in [0, 0.1) is 13.8 Å². The Kier molecular flexibility index (Phi) is 3.42. The number of anilines is 2. The smallest absolute Gasteiger partial charge is 0.265 e. The van der Waals surface area contributed by atoms with E-state index in [1.165, 1.54) is 18.2 Å². The number of nitrogens with one attached hydrogen (secondary N) is 1. The fraction of sp³-hybridized carbons (Fsp3) is 0.182. The number of benzene rings is 1. The van der Waals surface area contributed by atoms with Crippen molar-refractivity contribution in [2.45, 2.75) is 18.7 Å². The topological polar surface area (TPSA) is 98.2 Å². The molecule has 0 radical (unpaired) electrons. The molecular formula is C11H12ClN3O3S. The molecule has 0 fully saturated rings. The molecule has 0 aliphatic rings. The van der Waals surface area contributed by atoms with Crippen molar-refractivity contribution in [3.05, 3.63) is 34.5 Å². The largest absolute Gasteiger partial charge is 0.398 e. The summed E-state index contributed by atoms with van der Waals surface area (Å²) in [5.41, 5.74) is 7.31. The van der Waals surface area contributed by atoms with Gasteiger partial charge in [0.25, 0.3) is 10.0 Å². The van der Waals surface area contributed by atoms with Gasteiger partial charge in [-0.05, 0) is 31.5 Å². The summed E-state index contributed by atoms with van der Waals surface area (Å²) in [5.74, 6) is 0.0210. The van der Waals surface area contributed by atoms with Gasteiger partial charge >= 0.3 is 0 Å². The summed E-state index contributed by atoms with van der Waals surface area (Å²) in [4.78, 5) is -0.105. The first-order chi connectivity index (χ1) is 8.79. The molecule has 2 rings (SSSR count). The van der Waals surface area contributed by atoms with Gasteiger partial charge < -0.3 is 10.3 Å². The van der Waals surface area contributed by atoms with Crippen LogP contribution in [0.2, 0.25) is 5.02 Å². The molecule has 0 unspecified atom stereocenters. The number of aryl methyl sites for hydroxylation is 2. The van der Waals surface area contributed by atoms with Gasteiger partial charge in [0.05, 0.1) is 10.7 Å². The molecule has 0 aliphatic heterocycles. The van der Waals surface area contributed by atoms with E-state index in [1.807, 2.05) is 0 Å². The molecule has 0 aliphatic carbocycles. The zero-order valence-electron chi connectivity index (χ0n) is 10.3. The average molecular weight is 302 g/mol. The van der Waals surface area contributed by atoms with Crippen LogP contribution in [0.25, 0.3) is 0 Å². The van der Waals surface area contributed by atoms with Gasteiger partial charge in [-0.2, -0.15) is 0 Å². The Hall–Kier alpha value is -1.73. The maximum absolute atomic E-state index is 12.2. The fourth-order valence-corrected chi connectivity index (χ4v) is 3.07. The van der Waals surface area contributed by atoms with Crippen molar-refractivity contribution in [2.24, 2.45) is 0 Å². The molecule has 1 heterocycles. The number of sulfonamides is 1. The predicted octanol–water partition coefficient (Wildman–Crippen LogP) is 2.33. The molecular weight excluding hydrogens is 290 g/mol. The lowest BCUT2D eigenvalue weighted by Crippen LogP contribution is -2.13. The molecule has 0 atom stereocenters. The highest BCUT2D eigenvalue weighted by Gasteiger charge is 2.21. The number of rotatable bonds is 3. The lowest BCUT2D eigenvalue weighted by atomic mass is 10.2. The van der Waals surface area contributed by atoms with Crippen molar-refractivity contribution in [2.75, 3.05) is 10.5 Å². The molecule has 3 N–H and O–H groups in total. The van der Waals surface area contributed by atoms with E-state index in [0.717, 1.165) is 0 Å². The summed E-state index contributed by atoms with van der Waals surface area (Å²) in [6.45, 7) is 3.42. The van der Waals surface area contributed by atoms with E-state index >= 15 is 0 Å². The average Bonchev–Trinajstić information content (AvgIpc) is 2.68. The number of aromatic nitrogens is 1. The van der Waals surface area contributed by atoms with Crippen molar-refractivity contribution < 1.29 is 12.9 Å². The van der Waals surface area contributed by atoms with Crippen molar-refractivity contribution in [1.29, 1.82) is 0 Å². The zero-order valence-corrected chi connectivity index (χ0v) is 11.8. The Morgan fingerprint density at radius 3 is 2.58 bits per heavy atom. The van der Waals surface area contributed by atoms with Gasteiger partial charge in [0.15, 0.2) is 0 Å². The Morgan fingerprint density at radius 2 is 2.00 bits per heavy atom. The third kappa shape index (κ3) is 2.82. The highest BCUT2D eigenvalue weighted by atomic mass is 35.5. The summed E-state index contributed by atoms with van der Waals surface area (Å²) >= 11 is 5.94. The van der Waals surface area contributed by atoms with Crippen LogP contribution in [0.3, 0.4) is 0 Å². The highest BCUT2D eigenvalue weighted by molar-refractivity contribution is 7.92. The molecule has 102 valence electrons. The van der Waals surface area contributed by atoms with E-state index in [2.05, 4.69) is 9.88 Å². The second kappa shape index (κ2) is 4.75. The standard InChI is InChI=1S/C11H12ClN3O3S/c1-6-3-8(12)10(5-9(6)13)19(16,17)15-11-4-7(2)14-18-11/h3-5,15H,13H2,1-2H3. The van der Waals surface area contributed by atoms with Crippen molar-refractivity contribution in [3.8, 4) is 0 Å². The number of hydrogen-bond donors (Lipinski definition) is 2. The van der Waals surface area contributed by atoms with Gasteiger partial charge in [0.1, 0.15) is 4.90 Å². The summed E-state index contributed by atoms with van der Waals surface area (Å²) in [6, 6.07) is 4.27. The Balaban J connectivity index is 2.42. The minimum atomic E-state index is -3.87.